The van der Waals surface area contributed by atoms with Crippen LogP contribution >= 0.6 is 0 Å². The molecule has 24 heavy (non-hydrogen) atoms. The second-order valence-electron chi connectivity index (χ2n) is 5.88. The van der Waals surface area contributed by atoms with E-state index in [1.54, 1.807) is 30.3 Å². The quantitative estimate of drug-likeness (QED) is 0.672. The number of nitrogens with zero attached hydrogens (tertiary/aromatic N) is 3. The molecular weight excluding hydrogens is 304 g/mol. The second-order valence-corrected chi connectivity index (χ2v) is 5.88. The molecule has 0 amide bonds. The summed E-state index contributed by atoms with van der Waals surface area (Å²) in [4.78, 5) is 23.9. The standard InChI is InChI=1S/C18H14N4O2/c1-12-14(8-23)16(22)17(9-19,18(12,10-20)11-21)7-15(24)13-5-3-2-4-6-13/h2-6,8,12,14,22H,7H2,1H3/t12-,14+,17+/m1/s1. The molecule has 2 rings (SSSR count). The Labute approximate surface area is 139 Å². The van der Waals surface area contributed by atoms with Crippen molar-refractivity contribution in [3.63, 3.8) is 0 Å². The van der Waals surface area contributed by atoms with Crippen molar-refractivity contribution >= 4 is 17.8 Å². The first-order valence-corrected chi connectivity index (χ1v) is 7.30. The molecule has 3 atom stereocenters. The van der Waals surface area contributed by atoms with Crippen molar-refractivity contribution in [2.24, 2.45) is 22.7 Å². The molecule has 1 aromatic carbocycles. The number of rotatable bonds is 4. The van der Waals surface area contributed by atoms with Crippen LogP contribution in [0.5, 0.6) is 0 Å². The summed E-state index contributed by atoms with van der Waals surface area (Å²) in [6.45, 7) is 1.49. The molecule has 6 heteroatoms. The van der Waals surface area contributed by atoms with E-state index in [1.807, 2.05) is 18.2 Å². The zero-order valence-electron chi connectivity index (χ0n) is 13.0. The van der Waals surface area contributed by atoms with Crippen molar-refractivity contribution in [3.8, 4) is 18.2 Å². The zero-order valence-corrected chi connectivity index (χ0v) is 13.0. The van der Waals surface area contributed by atoms with Gasteiger partial charge in [0.15, 0.2) is 11.2 Å². The highest BCUT2D eigenvalue weighted by Crippen LogP contribution is 2.57. The van der Waals surface area contributed by atoms with Crippen molar-refractivity contribution < 1.29 is 9.59 Å². The van der Waals surface area contributed by atoms with Crippen LogP contribution in [-0.2, 0) is 4.79 Å². The zero-order chi connectivity index (χ0) is 18.0. The maximum absolute atomic E-state index is 12.6. The van der Waals surface area contributed by atoms with Gasteiger partial charge in [-0.15, -0.1) is 0 Å². The smallest absolute Gasteiger partial charge is 0.171 e. The van der Waals surface area contributed by atoms with Crippen molar-refractivity contribution in [2.45, 2.75) is 13.3 Å². The van der Waals surface area contributed by atoms with Gasteiger partial charge in [0.1, 0.15) is 11.7 Å². The van der Waals surface area contributed by atoms with Crippen LogP contribution in [0.2, 0.25) is 0 Å². The summed E-state index contributed by atoms with van der Waals surface area (Å²) in [5.74, 6) is -2.33. The minimum atomic E-state index is -1.94. The fourth-order valence-electron chi connectivity index (χ4n) is 3.40. The summed E-state index contributed by atoms with van der Waals surface area (Å²) >= 11 is 0. The number of hydrogen-bond donors (Lipinski definition) is 1. The Morgan fingerprint density at radius 2 is 1.79 bits per heavy atom. The summed E-state index contributed by atoms with van der Waals surface area (Å²) in [5.41, 5.74) is -3.87. The Morgan fingerprint density at radius 3 is 2.25 bits per heavy atom. The second kappa shape index (κ2) is 6.07. The highest BCUT2D eigenvalue weighted by molar-refractivity contribution is 6.09. The number of carbonyl (C=O) groups is 2. The van der Waals surface area contributed by atoms with E-state index < -0.39 is 34.9 Å². The lowest BCUT2D eigenvalue weighted by molar-refractivity contribution is -0.110. The molecule has 0 radical (unpaired) electrons. The molecule has 0 spiro atoms. The third-order valence-electron chi connectivity index (χ3n) is 4.90. The van der Waals surface area contributed by atoms with Crippen molar-refractivity contribution in [1.82, 2.24) is 0 Å². The van der Waals surface area contributed by atoms with Gasteiger partial charge >= 0.3 is 0 Å². The van der Waals surface area contributed by atoms with E-state index in [2.05, 4.69) is 0 Å². The summed E-state index contributed by atoms with van der Waals surface area (Å²) in [5, 5.41) is 37.2. The molecule has 0 heterocycles. The first-order chi connectivity index (χ1) is 11.4. The minimum Gasteiger partial charge on any atom is -0.307 e. The van der Waals surface area contributed by atoms with Crippen LogP contribution in [0.25, 0.3) is 0 Å². The van der Waals surface area contributed by atoms with Crippen LogP contribution in [0, 0.1) is 62.1 Å². The number of aldehydes is 1. The number of ketones is 1. The van der Waals surface area contributed by atoms with Gasteiger partial charge in [-0.2, -0.15) is 15.8 Å². The number of nitriles is 3. The summed E-state index contributed by atoms with van der Waals surface area (Å²) < 4.78 is 0. The third kappa shape index (κ3) is 2.03. The SMILES string of the molecule is C[C@@H]1[C@H](C=O)C(=N)[C@@](C#N)(CC(=O)c2ccccc2)C1(C#N)C#N. The Kier molecular flexibility index (Phi) is 4.31. The van der Waals surface area contributed by atoms with Gasteiger partial charge in [-0.05, 0) is 0 Å². The van der Waals surface area contributed by atoms with Gasteiger partial charge in [0.05, 0.1) is 24.1 Å². The average molecular weight is 318 g/mol. The van der Waals surface area contributed by atoms with Gasteiger partial charge in [-0.25, -0.2) is 0 Å². The van der Waals surface area contributed by atoms with Crippen LogP contribution in [0.15, 0.2) is 30.3 Å². The molecule has 1 aromatic rings. The lowest BCUT2D eigenvalue weighted by Crippen LogP contribution is -2.43. The van der Waals surface area contributed by atoms with Crippen molar-refractivity contribution in [2.75, 3.05) is 0 Å². The monoisotopic (exact) mass is 318 g/mol. The van der Waals surface area contributed by atoms with E-state index in [9.17, 15) is 25.4 Å². The molecule has 1 aliphatic rings. The Morgan fingerprint density at radius 1 is 1.21 bits per heavy atom. The molecule has 0 saturated heterocycles. The molecule has 0 aromatic heterocycles. The molecule has 1 aliphatic carbocycles. The predicted molar refractivity (Wildman–Crippen MR) is 83.5 cm³/mol. The molecule has 0 aliphatic heterocycles. The van der Waals surface area contributed by atoms with Crippen LogP contribution in [0.1, 0.15) is 23.7 Å². The van der Waals surface area contributed by atoms with Crippen LogP contribution in [0.4, 0.5) is 0 Å². The maximum atomic E-state index is 12.6. The van der Waals surface area contributed by atoms with Gasteiger partial charge in [-0.3, -0.25) is 4.79 Å². The molecular formula is C18H14N4O2. The molecule has 118 valence electrons. The van der Waals surface area contributed by atoms with Gasteiger partial charge < -0.3 is 10.2 Å². The molecule has 1 N–H and O–H groups in total. The molecule has 0 unspecified atom stereocenters. The van der Waals surface area contributed by atoms with Crippen LogP contribution in [-0.4, -0.2) is 17.8 Å². The Hall–Kier alpha value is -3.30. The molecule has 1 fully saturated rings. The number of Topliss-reactive ketones (excluding diaryl/α,β-unsaturated/α-hetero) is 1. The van der Waals surface area contributed by atoms with Gasteiger partial charge in [0, 0.05) is 23.6 Å². The average Bonchev–Trinajstić information content (AvgIpc) is 2.79. The highest BCUT2D eigenvalue weighted by Gasteiger charge is 2.68. The summed E-state index contributed by atoms with van der Waals surface area (Å²) in [6, 6.07) is 13.7. The molecule has 1 saturated carbocycles. The maximum Gasteiger partial charge on any atom is 0.171 e. The number of carbonyl (C=O) groups excluding carboxylic acids is 2. The highest BCUT2D eigenvalue weighted by atomic mass is 16.1. The third-order valence-corrected chi connectivity index (χ3v) is 4.90. The van der Waals surface area contributed by atoms with Gasteiger partial charge in [0.25, 0.3) is 0 Å². The Balaban J connectivity index is 2.61. The van der Waals surface area contributed by atoms with Gasteiger partial charge in [0.2, 0.25) is 0 Å². The van der Waals surface area contributed by atoms with Crippen molar-refractivity contribution in [3.05, 3.63) is 35.9 Å². The van der Waals surface area contributed by atoms with Crippen molar-refractivity contribution in [1.29, 1.82) is 21.2 Å². The van der Waals surface area contributed by atoms with Crippen LogP contribution in [0.3, 0.4) is 0 Å². The minimum absolute atomic E-state index is 0.326. The number of nitrogens with one attached hydrogen (secondary N) is 1. The molecule has 6 nitrogen and oxygen atoms in total. The molecule has 0 bridgehead atoms. The Bertz CT molecular complexity index is 811. The van der Waals surface area contributed by atoms with E-state index in [1.165, 1.54) is 6.92 Å². The summed E-state index contributed by atoms with van der Waals surface area (Å²) in [7, 11) is 0. The van der Waals surface area contributed by atoms with E-state index >= 15 is 0 Å². The number of benzene rings is 1. The van der Waals surface area contributed by atoms with E-state index in [-0.39, 0.29) is 5.71 Å². The first-order valence-electron chi connectivity index (χ1n) is 7.30. The summed E-state index contributed by atoms with van der Waals surface area (Å²) in [6.07, 6.45) is -0.00927. The topological polar surface area (TPSA) is 129 Å². The lowest BCUT2D eigenvalue weighted by Gasteiger charge is -2.31. The predicted octanol–water partition coefficient (Wildman–Crippen LogP) is 2.29. The van der Waals surface area contributed by atoms with E-state index in [4.69, 9.17) is 5.41 Å². The van der Waals surface area contributed by atoms with Gasteiger partial charge in [-0.1, -0.05) is 37.3 Å². The number of hydrogen-bond acceptors (Lipinski definition) is 6. The fourth-order valence-corrected chi connectivity index (χ4v) is 3.40. The van der Waals surface area contributed by atoms with Crippen LogP contribution < -0.4 is 0 Å². The lowest BCUT2D eigenvalue weighted by atomic mass is 9.62. The largest absolute Gasteiger partial charge is 0.307 e. The normalized spacial score (nSPS) is 27.5. The fraction of sp³-hybridized carbons (Fsp3) is 0.333. The van der Waals surface area contributed by atoms with E-state index in [0.717, 1.165) is 0 Å². The van der Waals surface area contributed by atoms with E-state index in [0.29, 0.717) is 11.8 Å². The first kappa shape index (κ1) is 17.1.